The van der Waals surface area contributed by atoms with Gasteiger partial charge in [0.25, 0.3) is 0 Å². The van der Waals surface area contributed by atoms with Crippen LogP contribution in [0.15, 0.2) is 17.4 Å². The summed E-state index contributed by atoms with van der Waals surface area (Å²) in [5.74, 6) is 2.68. The molecule has 0 bridgehead atoms. The molecule has 0 spiro atoms. The second-order valence-corrected chi connectivity index (χ2v) is 4.87. The van der Waals surface area contributed by atoms with Crippen molar-refractivity contribution >= 4 is 5.96 Å². The van der Waals surface area contributed by atoms with Gasteiger partial charge in [0.05, 0.1) is 13.1 Å². The molecule has 1 aromatic rings. The molecule has 0 unspecified atom stereocenters. The van der Waals surface area contributed by atoms with Crippen LogP contribution in [-0.2, 0) is 13.1 Å². The molecule has 0 radical (unpaired) electrons. The zero-order chi connectivity index (χ0) is 12.3. The van der Waals surface area contributed by atoms with Gasteiger partial charge in [-0.15, -0.1) is 0 Å². The summed E-state index contributed by atoms with van der Waals surface area (Å²) >= 11 is 0. The Morgan fingerprint density at radius 1 is 1.47 bits per heavy atom. The van der Waals surface area contributed by atoms with E-state index in [4.69, 9.17) is 0 Å². The van der Waals surface area contributed by atoms with Gasteiger partial charge < -0.3 is 14.8 Å². The molecule has 5 nitrogen and oxygen atoms in total. The summed E-state index contributed by atoms with van der Waals surface area (Å²) in [7, 11) is 2.05. The van der Waals surface area contributed by atoms with E-state index in [9.17, 15) is 0 Å². The average Bonchev–Trinajstić information content (AvgIpc) is 2.84. The fourth-order valence-electron chi connectivity index (χ4n) is 1.95. The van der Waals surface area contributed by atoms with Gasteiger partial charge in [0.15, 0.2) is 5.96 Å². The van der Waals surface area contributed by atoms with E-state index >= 15 is 0 Å². The predicted octanol–water partition coefficient (Wildman–Crippen LogP) is 0.930. The Balaban J connectivity index is 1.92. The average molecular weight is 235 g/mol. The van der Waals surface area contributed by atoms with Crippen molar-refractivity contribution in [3.63, 3.8) is 0 Å². The first-order valence-electron chi connectivity index (χ1n) is 6.16. The van der Waals surface area contributed by atoms with Crippen LogP contribution >= 0.6 is 0 Å². The third kappa shape index (κ3) is 2.99. The van der Waals surface area contributed by atoms with Gasteiger partial charge in [-0.2, -0.15) is 0 Å². The maximum atomic E-state index is 4.40. The number of likely N-dealkylation sites (N-methyl/N-ethyl adjacent to an activating group) is 1. The number of hydrogen-bond donors (Lipinski definition) is 1. The Bertz CT molecular complexity index is 393. The molecule has 0 fully saturated rings. The van der Waals surface area contributed by atoms with Gasteiger partial charge in [-0.25, -0.2) is 4.98 Å². The van der Waals surface area contributed by atoms with Gasteiger partial charge in [-0.05, 0) is 5.92 Å². The lowest BCUT2D eigenvalue weighted by atomic mass is 10.2. The minimum absolute atomic E-state index is 0.634. The van der Waals surface area contributed by atoms with Gasteiger partial charge in [0.2, 0.25) is 0 Å². The van der Waals surface area contributed by atoms with Gasteiger partial charge in [0.1, 0.15) is 5.82 Å². The van der Waals surface area contributed by atoms with Crippen molar-refractivity contribution in [3.8, 4) is 0 Å². The number of nitrogens with zero attached hydrogens (tertiary/aromatic N) is 4. The van der Waals surface area contributed by atoms with Crippen LogP contribution in [0.1, 0.15) is 19.7 Å². The highest BCUT2D eigenvalue weighted by Gasteiger charge is 2.12. The molecule has 1 N–H and O–H groups in total. The van der Waals surface area contributed by atoms with Crippen LogP contribution in [0.5, 0.6) is 0 Å². The van der Waals surface area contributed by atoms with Crippen molar-refractivity contribution < 1.29 is 0 Å². The summed E-state index contributed by atoms with van der Waals surface area (Å²) in [5, 5.41) is 3.34. The van der Waals surface area contributed by atoms with E-state index in [2.05, 4.69) is 45.7 Å². The summed E-state index contributed by atoms with van der Waals surface area (Å²) in [6.07, 6.45) is 3.90. The fraction of sp³-hybridized carbons (Fsp3) is 0.667. The van der Waals surface area contributed by atoms with Gasteiger partial charge in [-0.3, -0.25) is 4.99 Å². The molecule has 1 aliphatic heterocycles. The van der Waals surface area contributed by atoms with E-state index in [-0.39, 0.29) is 0 Å². The molecule has 17 heavy (non-hydrogen) atoms. The fourth-order valence-corrected chi connectivity index (χ4v) is 1.95. The molecule has 2 rings (SSSR count). The van der Waals surface area contributed by atoms with Crippen molar-refractivity contribution in [1.82, 2.24) is 19.8 Å². The number of rotatable bonds is 4. The molecule has 2 heterocycles. The minimum Gasteiger partial charge on any atom is -0.349 e. The molecule has 94 valence electrons. The highest BCUT2D eigenvalue weighted by atomic mass is 15.3. The number of aliphatic imine (C=N–C) groups is 1. The number of guanidine groups is 1. The summed E-state index contributed by atoms with van der Waals surface area (Å²) in [6.45, 7) is 8.07. The van der Waals surface area contributed by atoms with Crippen LogP contribution in [0.3, 0.4) is 0 Å². The monoisotopic (exact) mass is 235 g/mol. The van der Waals surface area contributed by atoms with Gasteiger partial charge >= 0.3 is 0 Å². The van der Waals surface area contributed by atoms with Crippen molar-refractivity contribution in [2.75, 3.05) is 20.1 Å². The molecule has 0 saturated carbocycles. The van der Waals surface area contributed by atoms with E-state index in [0.29, 0.717) is 5.92 Å². The molecule has 1 aliphatic rings. The number of imidazole rings is 1. The summed E-state index contributed by atoms with van der Waals surface area (Å²) in [6, 6.07) is 0. The molecular weight excluding hydrogens is 214 g/mol. The summed E-state index contributed by atoms with van der Waals surface area (Å²) < 4.78 is 2.20. The second-order valence-electron chi connectivity index (χ2n) is 4.87. The lowest BCUT2D eigenvalue weighted by Crippen LogP contribution is -2.35. The predicted molar refractivity (Wildman–Crippen MR) is 68.8 cm³/mol. The first-order chi connectivity index (χ1) is 8.16. The summed E-state index contributed by atoms with van der Waals surface area (Å²) in [4.78, 5) is 10.9. The van der Waals surface area contributed by atoms with Crippen LogP contribution in [0, 0.1) is 5.92 Å². The van der Waals surface area contributed by atoms with Crippen LogP contribution < -0.4 is 5.32 Å². The molecule has 0 aliphatic carbocycles. The smallest absolute Gasteiger partial charge is 0.194 e. The second kappa shape index (κ2) is 5.21. The molecule has 5 heteroatoms. The molecule has 0 atom stereocenters. The van der Waals surface area contributed by atoms with E-state index in [1.165, 1.54) is 0 Å². The topological polar surface area (TPSA) is 45.5 Å². The maximum absolute atomic E-state index is 4.40. The van der Waals surface area contributed by atoms with E-state index in [1.807, 2.05) is 12.4 Å². The zero-order valence-electron chi connectivity index (χ0n) is 10.8. The van der Waals surface area contributed by atoms with Crippen molar-refractivity contribution in [3.05, 3.63) is 18.2 Å². The van der Waals surface area contributed by atoms with Gasteiger partial charge in [-0.1, -0.05) is 13.8 Å². The number of hydrogen-bond acceptors (Lipinski definition) is 4. The van der Waals surface area contributed by atoms with Crippen LogP contribution in [0.4, 0.5) is 0 Å². The van der Waals surface area contributed by atoms with Crippen molar-refractivity contribution in [2.24, 2.45) is 10.9 Å². The Kier molecular flexibility index (Phi) is 3.66. The quantitative estimate of drug-likeness (QED) is 0.844. The SMILES string of the molecule is CC(C)Cn1ccnc1CNC1=NCCN1C. The van der Waals surface area contributed by atoms with E-state index in [1.54, 1.807) is 0 Å². The van der Waals surface area contributed by atoms with Crippen LogP contribution in [0.25, 0.3) is 0 Å². The summed E-state index contributed by atoms with van der Waals surface area (Å²) in [5.41, 5.74) is 0. The molecule has 0 aromatic carbocycles. The largest absolute Gasteiger partial charge is 0.349 e. The molecule has 0 saturated heterocycles. The van der Waals surface area contributed by atoms with Crippen LogP contribution in [-0.4, -0.2) is 40.5 Å². The maximum Gasteiger partial charge on any atom is 0.194 e. The highest BCUT2D eigenvalue weighted by molar-refractivity contribution is 5.81. The van der Waals surface area contributed by atoms with E-state index in [0.717, 1.165) is 38.0 Å². The van der Waals surface area contributed by atoms with Crippen molar-refractivity contribution in [1.29, 1.82) is 0 Å². The third-order valence-corrected chi connectivity index (χ3v) is 2.83. The lowest BCUT2D eigenvalue weighted by molar-refractivity contribution is 0.497. The number of nitrogens with one attached hydrogen (secondary N) is 1. The standard InChI is InChI=1S/C12H21N5/c1-10(2)9-17-7-5-13-11(17)8-15-12-14-4-6-16(12)3/h5,7,10H,4,6,8-9H2,1-3H3,(H,14,15). The first-order valence-corrected chi connectivity index (χ1v) is 6.16. The highest BCUT2D eigenvalue weighted by Crippen LogP contribution is 2.04. The Morgan fingerprint density at radius 3 is 2.94 bits per heavy atom. The molecular formula is C12H21N5. The lowest BCUT2D eigenvalue weighted by Gasteiger charge is -2.16. The Labute approximate surface area is 103 Å². The molecule has 0 amide bonds. The number of aromatic nitrogens is 2. The van der Waals surface area contributed by atoms with Crippen molar-refractivity contribution in [2.45, 2.75) is 26.9 Å². The first kappa shape index (κ1) is 12.0. The molecule has 1 aromatic heterocycles. The Morgan fingerprint density at radius 2 is 2.29 bits per heavy atom. The third-order valence-electron chi connectivity index (χ3n) is 2.83. The van der Waals surface area contributed by atoms with Crippen LogP contribution in [0.2, 0.25) is 0 Å². The Hall–Kier alpha value is -1.52. The zero-order valence-corrected chi connectivity index (χ0v) is 10.8. The van der Waals surface area contributed by atoms with Gasteiger partial charge in [0, 0.05) is 32.5 Å². The van der Waals surface area contributed by atoms with E-state index < -0.39 is 0 Å². The minimum atomic E-state index is 0.634. The normalized spacial score (nSPS) is 15.5.